The molecule has 1 saturated carbocycles. The van der Waals surface area contributed by atoms with E-state index in [1.165, 1.54) is 17.0 Å². The van der Waals surface area contributed by atoms with Gasteiger partial charge in [0.05, 0.1) is 11.2 Å². The van der Waals surface area contributed by atoms with Crippen molar-refractivity contribution in [3.8, 4) is 17.1 Å². The summed E-state index contributed by atoms with van der Waals surface area (Å²) in [4.78, 5) is 28.4. The minimum atomic E-state index is -0.533. The molecule has 0 aliphatic heterocycles. The molecule has 1 aromatic carbocycles. The molecule has 0 unspecified atom stereocenters. The largest absolute Gasteiger partial charge is 0.416 e. The second kappa shape index (κ2) is 8.71. The molecule has 0 spiro atoms. The molecule has 0 radical (unpaired) electrons. The maximum atomic E-state index is 14.2. The van der Waals surface area contributed by atoms with Gasteiger partial charge in [-0.3, -0.25) is 4.79 Å². The molecule has 9 heteroatoms. The van der Waals surface area contributed by atoms with Crippen molar-refractivity contribution in [3.63, 3.8) is 0 Å². The average Bonchev–Trinajstić information content (AvgIpc) is 3.43. The van der Waals surface area contributed by atoms with Crippen molar-refractivity contribution in [3.05, 3.63) is 42.3 Å². The lowest BCUT2D eigenvalue weighted by atomic mass is 10.1. The lowest BCUT2D eigenvalue weighted by Gasteiger charge is -2.23. The number of carbonyl (C=O) groups is 2. The van der Waals surface area contributed by atoms with Crippen LogP contribution in [0.2, 0.25) is 0 Å². The predicted octanol–water partition coefficient (Wildman–Crippen LogP) is 3.64. The van der Waals surface area contributed by atoms with Crippen molar-refractivity contribution in [2.24, 2.45) is 0 Å². The van der Waals surface area contributed by atoms with E-state index >= 15 is 0 Å². The van der Waals surface area contributed by atoms with Gasteiger partial charge < -0.3 is 19.9 Å². The summed E-state index contributed by atoms with van der Waals surface area (Å²) in [5, 5.41) is 11.7. The zero-order valence-electron chi connectivity index (χ0n) is 17.4. The van der Waals surface area contributed by atoms with E-state index in [-0.39, 0.29) is 29.7 Å². The molecule has 3 aromatic rings. The first-order valence-electron chi connectivity index (χ1n) is 10.3. The van der Waals surface area contributed by atoms with Gasteiger partial charge >= 0.3 is 6.09 Å². The number of hydrogen-bond acceptors (Lipinski definition) is 5. The van der Waals surface area contributed by atoms with E-state index in [4.69, 9.17) is 4.74 Å². The summed E-state index contributed by atoms with van der Waals surface area (Å²) in [7, 11) is 1.67. The van der Waals surface area contributed by atoms with Crippen molar-refractivity contribution in [2.75, 3.05) is 7.05 Å². The van der Waals surface area contributed by atoms with Gasteiger partial charge in [-0.25, -0.2) is 9.18 Å². The molecule has 2 amide bonds. The number of halogens is 1. The Kier molecular flexibility index (Phi) is 5.83. The maximum absolute atomic E-state index is 14.2. The molecule has 2 heterocycles. The Morgan fingerprint density at radius 3 is 2.84 bits per heavy atom. The molecule has 4 rings (SSSR count). The van der Waals surface area contributed by atoms with Gasteiger partial charge in [-0.05, 0) is 43.5 Å². The van der Waals surface area contributed by atoms with Crippen molar-refractivity contribution in [2.45, 2.75) is 44.7 Å². The van der Waals surface area contributed by atoms with E-state index in [2.05, 4.69) is 20.5 Å². The van der Waals surface area contributed by atoms with Crippen molar-refractivity contribution in [1.29, 1.82) is 0 Å². The van der Waals surface area contributed by atoms with Crippen molar-refractivity contribution < 1.29 is 18.7 Å². The molecule has 0 bridgehead atoms. The van der Waals surface area contributed by atoms with Crippen LogP contribution in [0.25, 0.3) is 22.2 Å². The Balaban J connectivity index is 1.38. The van der Waals surface area contributed by atoms with E-state index in [9.17, 15) is 14.0 Å². The normalized spacial score (nSPS) is 18.2. The maximum Gasteiger partial charge on any atom is 0.416 e. The third kappa shape index (κ3) is 4.50. The fraction of sp³-hybridized carbons (Fsp3) is 0.364. The molecule has 1 aliphatic carbocycles. The summed E-state index contributed by atoms with van der Waals surface area (Å²) in [5.41, 5.74) is 1.49. The van der Waals surface area contributed by atoms with E-state index < -0.39 is 6.09 Å². The van der Waals surface area contributed by atoms with Gasteiger partial charge in [-0.1, -0.05) is 6.92 Å². The zero-order valence-corrected chi connectivity index (χ0v) is 17.4. The minimum Gasteiger partial charge on any atom is -0.389 e. The molecule has 31 heavy (non-hydrogen) atoms. The second-order valence-corrected chi connectivity index (χ2v) is 7.72. The number of benzene rings is 1. The van der Waals surface area contributed by atoms with Crippen LogP contribution in [0.1, 0.15) is 32.6 Å². The highest BCUT2D eigenvalue weighted by Crippen LogP contribution is 2.26. The highest BCUT2D eigenvalue weighted by atomic mass is 19.1. The quantitative estimate of drug-likeness (QED) is 0.650. The molecule has 8 nitrogen and oxygen atoms in total. The van der Waals surface area contributed by atoms with Crippen LogP contribution in [0.5, 0.6) is 5.88 Å². The first-order chi connectivity index (χ1) is 14.9. The fourth-order valence-corrected chi connectivity index (χ4v) is 3.88. The molecule has 1 fully saturated rings. The van der Waals surface area contributed by atoms with Crippen LogP contribution >= 0.6 is 0 Å². The van der Waals surface area contributed by atoms with Crippen LogP contribution in [-0.4, -0.2) is 51.2 Å². The second-order valence-electron chi connectivity index (χ2n) is 7.72. The molecule has 0 saturated heterocycles. The number of nitrogens with one attached hydrogen (secondary N) is 2. The third-order valence-electron chi connectivity index (χ3n) is 5.67. The van der Waals surface area contributed by atoms with Crippen LogP contribution in [0, 0.1) is 5.82 Å². The summed E-state index contributed by atoms with van der Waals surface area (Å²) in [6.07, 6.45) is 3.89. The Hall–Kier alpha value is -3.49. The topological polar surface area (TPSA) is 100 Å². The third-order valence-corrected chi connectivity index (χ3v) is 5.67. The number of H-pyrrole nitrogens is 1. The first kappa shape index (κ1) is 20.8. The molecular formula is C22H24FN5O3. The van der Waals surface area contributed by atoms with E-state index in [0.717, 1.165) is 18.2 Å². The smallest absolute Gasteiger partial charge is 0.389 e. The number of hydrogen-bond donors (Lipinski definition) is 2. The fourth-order valence-electron chi connectivity index (χ4n) is 3.88. The van der Waals surface area contributed by atoms with Gasteiger partial charge in [0.2, 0.25) is 11.8 Å². The van der Waals surface area contributed by atoms with Gasteiger partial charge in [0, 0.05) is 48.8 Å². The van der Waals surface area contributed by atoms with Gasteiger partial charge in [0.15, 0.2) is 0 Å². The number of aromatic nitrogens is 3. The van der Waals surface area contributed by atoms with Crippen molar-refractivity contribution in [1.82, 2.24) is 25.4 Å². The lowest BCUT2D eigenvalue weighted by Crippen LogP contribution is -2.39. The number of amides is 2. The standard InChI is InChI=1S/C22H24FN5O3/c1-3-19(29)25-15-4-5-16(12-15)28(2)22(30)31-20-7-6-18(26-27-20)14-10-13-8-9-24-21(13)17(23)11-14/h6-11,15-16,24H,3-5,12H2,1-2H3,(H,25,29)/t15-,16+/m0/s1. The Morgan fingerprint density at radius 2 is 2.10 bits per heavy atom. The van der Waals surface area contributed by atoms with Crippen LogP contribution in [0.15, 0.2) is 36.5 Å². The molecule has 2 aromatic heterocycles. The van der Waals surface area contributed by atoms with Gasteiger partial charge in [-0.2, -0.15) is 0 Å². The summed E-state index contributed by atoms with van der Waals surface area (Å²) in [5.74, 6) is -0.291. The summed E-state index contributed by atoms with van der Waals surface area (Å²) >= 11 is 0. The van der Waals surface area contributed by atoms with Crippen molar-refractivity contribution >= 4 is 22.9 Å². The number of carbonyl (C=O) groups excluding carboxylic acids is 2. The van der Waals surface area contributed by atoms with Crippen LogP contribution in [-0.2, 0) is 4.79 Å². The highest BCUT2D eigenvalue weighted by Gasteiger charge is 2.31. The van der Waals surface area contributed by atoms with E-state index in [1.54, 1.807) is 25.4 Å². The zero-order chi connectivity index (χ0) is 22.0. The summed E-state index contributed by atoms with van der Waals surface area (Å²) in [6.45, 7) is 1.81. The lowest BCUT2D eigenvalue weighted by molar-refractivity contribution is -0.121. The number of rotatable bonds is 5. The van der Waals surface area contributed by atoms with Gasteiger partial charge in [0.1, 0.15) is 5.82 Å². The number of nitrogens with zero attached hydrogens (tertiary/aromatic N) is 3. The molecular weight excluding hydrogens is 401 g/mol. The Morgan fingerprint density at radius 1 is 1.26 bits per heavy atom. The summed E-state index contributed by atoms with van der Waals surface area (Å²) < 4.78 is 19.5. The van der Waals surface area contributed by atoms with Crippen LogP contribution in [0.3, 0.4) is 0 Å². The average molecular weight is 425 g/mol. The monoisotopic (exact) mass is 425 g/mol. The SMILES string of the molecule is CCC(=O)N[C@H]1CC[C@@H](N(C)C(=O)Oc2ccc(-c3cc(F)c4[nH]ccc4c3)nn2)C1. The predicted molar refractivity (Wildman–Crippen MR) is 113 cm³/mol. The first-order valence-corrected chi connectivity index (χ1v) is 10.3. The molecule has 1 aliphatic rings. The van der Waals surface area contributed by atoms with E-state index in [0.29, 0.717) is 29.6 Å². The summed E-state index contributed by atoms with van der Waals surface area (Å²) in [6, 6.07) is 8.20. The Labute approximate surface area is 178 Å². The number of ether oxygens (including phenoxy) is 1. The van der Waals surface area contributed by atoms with Gasteiger partial charge in [0.25, 0.3) is 0 Å². The number of fused-ring (bicyclic) bond motifs is 1. The van der Waals surface area contributed by atoms with E-state index in [1.807, 2.05) is 13.0 Å². The minimum absolute atomic E-state index is 0.0155. The molecule has 2 atom stereocenters. The molecule has 162 valence electrons. The van der Waals surface area contributed by atoms with Crippen LogP contribution in [0.4, 0.5) is 9.18 Å². The Bertz CT molecular complexity index is 1100. The highest BCUT2D eigenvalue weighted by molar-refractivity contribution is 5.85. The molecule has 2 N–H and O–H groups in total. The number of aromatic amines is 1. The van der Waals surface area contributed by atoms with Crippen LogP contribution < -0.4 is 10.1 Å². The van der Waals surface area contributed by atoms with Gasteiger partial charge in [-0.15, -0.1) is 10.2 Å².